The Morgan fingerprint density at radius 3 is 2.56 bits per heavy atom. The van der Waals surface area contributed by atoms with E-state index >= 15 is 0 Å². The van der Waals surface area contributed by atoms with Crippen LogP contribution in [-0.2, 0) is 0 Å². The van der Waals surface area contributed by atoms with Gasteiger partial charge in [-0.05, 0) is 35.9 Å². The SMILES string of the molecule is O=[N+]([O-])c1c(O)cccc1/C=C/c1ccncc1. The number of benzene rings is 1. The van der Waals surface area contributed by atoms with Crippen LogP contribution in [0, 0.1) is 10.1 Å². The minimum Gasteiger partial charge on any atom is -0.502 e. The molecule has 0 amide bonds. The molecule has 0 unspecified atom stereocenters. The Hall–Kier alpha value is -2.69. The minimum absolute atomic E-state index is 0.289. The fourth-order valence-corrected chi connectivity index (χ4v) is 1.54. The highest BCUT2D eigenvalue weighted by Gasteiger charge is 2.16. The first-order chi connectivity index (χ1) is 8.68. The quantitative estimate of drug-likeness (QED) is 0.663. The lowest BCUT2D eigenvalue weighted by atomic mass is 10.1. The van der Waals surface area contributed by atoms with Gasteiger partial charge in [0.25, 0.3) is 0 Å². The third kappa shape index (κ3) is 2.52. The number of nitro benzene ring substituents is 1. The van der Waals surface area contributed by atoms with E-state index in [0.29, 0.717) is 5.56 Å². The predicted molar refractivity (Wildman–Crippen MR) is 67.9 cm³/mol. The molecule has 18 heavy (non-hydrogen) atoms. The molecule has 5 nitrogen and oxygen atoms in total. The van der Waals surface area contributed by atoms with Crippen molar-refractivity contribution in [2.24, 2.45) is 0 Å². The summed E-state index contributed by atoms with van der Waals surface area (Å²) in [4.78, 5) is 14.1. The maximum absolute atomic E-state index is 10.9. The van der Waals surface area contributed by atoms with Gasteiger partial charge in [0.2, 0.25) is 0 Å². The van der Waals surface area contributed by atoms with E-state index in [2.05, 4.69) is 4.98 Å². The number of para-hydroxylation sites is 1. The number of nitrogens with zero attached hydrogens (tertiary/aromatic N) is 2. The van der Waals surface area contributed by atoms with Crippen LogP contribution in [-0.4, -0.2) is 15.0 Å². The van der Waals surface area contributed by atoms with E-state index in [-0.39, 0.29) is 11.4 Å². The van der Waals surface area contributed by atoms with E-state index in [0.717, 1.165) is 5.56 Å². The Balaban J connectivity index is 2.38. The second-order valence-electron chi connectivity index (χ2n) is 3.59. The summed E-state index contributed by atoms with van der Waals surface area (Å²) in [6, 6.07) is 8.00. The highest BCUT2D eigenvalue weighted by Crippen LogP contribution is 2.30. The van der Waals surface area contributed by atoms with Crippen molar-refractivity contribution < 1.29 is 10.0 Å². The molecule has 0 saturated carbocycles. The molecular weight excluding hydrogens is 232 g/mol. The fraction of sp³-hybridized carbons (Fsp3) is 0. The molecule has 0 aliphatic heterocycles. The van der Waals surface area contributed by atoms with Gasteiger partial charge in [-0.15, -0.1) is 0 Å². The third-order valence-electron chi connectivity index (χ3n) is 2.39. The highest BCUT2D eigenvalue weighted by atomic mass is 16.6. The molecule has 0 atom stereocenters. The van der Waals surface area contributed by atoms with E-state index in [1.807, 2.05) is 0 Å². The number of pyridine rings is 1. The Bertz CT molecular complexity index is 594. The van der Waals surface area contributed by atoms with Crippen LogP contribution in [0.1, 0.15) is 11.1 Å². The van der Waals surface area contributed by atoms with Crippen molar-refractivity contribution in [2.75, 3.05) is 0 Å². The maximum Gasteiger partial charge on any atom is 0.317 e. The van der Waals surface area contributed by atoms with Crippen LogP contribution >= 0.6 is 0 Å². The van der Waals surface area contributed by atoms with Gasteiger partial charge in [-0.1, -0.05) is 12.1 Å². The minimum atomic E-state index is -0.596. The van der Waals surface area contributed by atoms with Gasteiger partial charge in [0.05, 0.1) is 10.5 Å². The molecule has 0 bridgehead atoms. The van der Waals surface area contributed by atoms with E-state index in [1.54, 1.807) is 48.8 Å². The van der Waals surface area contributed by atoms with Crippen molar-refractivity contribution in [3.63, 3.8) is 0 Å². The molecular formula is C13H10N2O3. The zero-order valence-electron chi connectivity index (χ0n) is 9.35. The van der Waals surface area contributed by atoms with E-state index in [4.69, 9.17) is 0 Å². The van der Waals surface area contributed by atoms with Crippen LogP contribution in [0.25, 0.3) is 12.2 Å². The predicted octanol–water partition coefficient (Wildman–Crippen LogP) is 2.87. The number of nitro groups is 1. The van der Waals surface area contributed by atoms with Crippen molar-refractivity contribution in [3.8, 4) is 5.75 Å². The van der Waals surface area contributed by atoms with Crippen LogP contribution < -0.4 is 0 Å². The summed E-state index contributed by atoms with van der Waals surface area (Å²) in [5.74, 6) is -0.336. The van der Waals surface area contributed by atoms with E-state index in [1.165, 1.54) is 6.07 Å². The molecule has 0 radical (unpaired) electrons. The topological polar surface area (TPSA) is 76.3 Å². The summed E-state index contributed by atoms with van der Waals surface area (Å²) in [5.41, 5.74) is 0.947. The first-order valence-electron chi connectivity index (χ1n) is 5.23. The lowest BCUT2D eigenvalue weighted by Gasteiger charge is -1.99. The summed E-state index contributed by atoms with van der Waals surface area (Å²) < 4.78 is 0. The molecule has 1 aromatic heterocycles. The van der Waals surface area contributed by atoms with Crippen LogP contribution in [0.15, 0.2) is 42.7 Å². The molecule has 0 aliphatic rings. The Morgan fingerprint density at radius 2 is 1.89 bits per heavy atom. The summed E-state index contributed by atoms with van der Waals surface area (Å²) >= 11 is 0. The fourth-order valence-electron chi connectivity index (χ4n) is 1.54. The van der Waals surface area contributed by atoms with Crippen LogP contribution in [0.3, 0.4) is 0 Å². The zero-order valence-corrected chi connectivity index (χ0v) is 9.35. The van der Waals surface area contributed by atoms with E-state index < -0.39 is 4.92 Å². The first kappa shape index (κ1) is 11.8. The lowest BCUT2D eigenvalue weighted by molar-refractivity contribution is -0.386. The van der Waals surface area contributed by atoms with Gasteiger partial charge < -0.3 is 5.11 Å². The van der Waals surface area contributed by atoms with Gasteiger partial charge in [0.1, 0.15) is 0 Å². The van der Waals surface area contributed by atoms with Gasteiger partial charge in [0, 0.05) is 12.4 Å². The molecule has 90 valence electrons. The number of phenolic OH excluding ortho intramolecular Hbond substituents is 1. The Kier molecular flexibility index (Phi) is 3.33. The van der Waals surface area contributed by atoms with Crippen molar-refractivity contribution in [2.45, 2.75) is 0 Å². The summed E-state index contributed by atoms with van der Waals surface area (Å²) in [5, 5.41) is 20.3. The number of phenols is 1. The molecule has 2 rings (SSSR count). The van der Waals surface area contributed by atoms with Gasteiger partial charge in [0.15, 0.2) is 5.75 Å². The molecule has 5 heteroatoms. The normalized spacial score (nSPS) is 10.7. The van der Waals surface area contributed by atoms with Crippen LogP contribution in [0.5, 0.6) is 5.75 Å². The van der Waals surface area contributed by atoms with Gasteiger partial charge in [-0.3, -0.25) is 15.1 Å². The molecule has 0 spiro atoms. The standard InChI is InChI=1S/C13H10N2O3/c16-12-3-1-2-11(13(12)15(17)18)5-4-10-6-8-14-9-7-10/h1-9,16H/b5-4+. The molecule has 1 N–H and O–H groups in total. The second-order valence-corrected chi connectivity index (χ2v) is 3.59. The second kappa shape index (κ2) is 5.09. The smallest absolute Gasteiger partial charge is 0.317 e. The molecule has 0 aliphatic carbocycles. The molecule has 2 aromatic rings. The van der Waals surface area contributed by atoms with Crippen molar-refractivity contribution in [1.82, 2.24) is 4.98 Å². The van der Waals surface area contributed by atoms with Crippen molar-refractivity contribution in [3.05, 3.63) is 64.0 Å². The molecule has 1 aromatic carbocycles. The van der Waals surface area contributed by atoms with Gasteiger partial charge >= 0.3 is 5.69 Å². The summed E-state index contributed by atoms with van der Waals surface area (Å²) in [6.45, 7) is 0. The average molecular weight is 242 g/mol. The number of hydrogen-bond acceptors (Lipinski definition) is 4. The van der Waals surface area contributed by atoms with Crippen LogP contribution in [0.4, 0.5) is 5.69 Å². The Labute approximate surface area is 103 Å². The lowest BCUT2D eigenvalue weighted by Crippen LogP contribution is -1.91. The average Bonchev–Trinajstić information content (AvgIpc) is 2.37. The van der Waals surface area contributed by atoms with Gasteiger partial charge in [-0.2, -0.15) is 0 Å². The zero-order chi connectivity index (χ0) is 13.0. The summed E-state index contributed by atoms with van der Waals surface area (Å²) in [6.07, 6.45) is 6.59. The van der Waals surface area contributed by atoms with Gasteiger partial charge in [-0.25, -0.2) is 0 Å². The largest absolute Gasteiger partial charge is 0.502 e. The molecule has 1 heterocycles. The number of aromatic nitrogens is 1. The van der Waals surface area contributed by atoms with E-state index in [9.17, 15) is 15.2 Å². The summed E-state index contributed by atoms with van der Waals surface area (Å²) in [7, 11) is 0. The third-order valence-corrected chi connectivity index (χ3v) is 2.39. The maximum atomic E-state index is 10.9. The Morgan fingerprint density at radius 1 is 1.17 bits per heavy atom. The number of rotatable bonds is 3. The highest BCUT2D eigenvalue weighted by molar-refractivity contribution is 5.76. The number of hydrogen-bond donors (Lipinski definition) is 1. The van der Waals surface area contributed by atoms with Crippen LogP contribution in [0.2, 0.25) is 0 Å². The molecule has 0 saturated heterocycles. The first-order valence-corrected chi connectivity index (χ1v) is 5.23. The number of aromatic hydroxyl groups is 1. The molecule has 0 fully saturated rings. The van der Waals surface area contributed by atoms with Crippen molar-refractivity contribution in [1.29, 1.82) is 0 Å². The van der Waals surface area contributed by atoms with Crippen molar-refractivity contribution >= 4 is 17.8 Å². The monoisotopic (exact) mass is 242 g/mol.